The van der Waals surface area contributed by atoms with Gasteiger partial charge in [-0.2, -0.15) is 4.31 Å². The summed E-state index contributed by atoms with van der Waals surface area (Å²) in [6.07, 6.45) is -4.26. The summed E-state index contributed by atoms with van der Waals surface area (Å²) in [5.41, 5.74) is 8.55. The van der Waals surface area contributed by atoms with Gasteiger partial charge in [-0.05, 0) is 60.0 Å². The normalized spacial score (nSPS) is 15.1. The molecule has 3 aromatic rings. The molecule has 1 fully saturated rings. The zero-order chi connectivity index (χ0) is 28.9. The molecule has 1 heterocycles. The SMILES string of the molecule is CCCS(=O)(=O)N1CCN(Cc2ccc(NC(=O)c3ccc(-c4cc(N)ccc4OC(F)(F)F)cc3)cc2)CC1. The Morgan fingerprint density at radius 3 is 2.23 bits per heavy atom. The molecule has 12 heteroatoms. The molecule has 40 heavy (non-hydrogen) atoms. The lowest BCUT2D eigenvalue weighted by atomic mass is 10.0. The van der Waals surface area contributed by atoms with Crippen LogP contribution in [-0.2, 0) is 16.6 Å². The molecule has 214 valence electrons. The van der Waals surface area contributed by atoms with Crippen LogP contribution in [0, 0.1) is 0 Å². The topological polar surface area (TPSA) is 105 Å². The summed E-state index contributed by atoms with van der Waals surface area (Å²) in [7, 11) is -3.18. The van der Waals surface area contributed by atoms with Gasteiger partial charge in [0.05, 0.1) is 5.75 Å². The Bertz CT molecular complexity index is 1420. The van der Waals surface area contributed by atoms with Crippen molar-refractivity contribution in [3.8, 4) is 16.9 Å². The van der Waals surface area contributed by atoms with Crippen molar-refractivity contribution in [1.82, 2.24) is 9.21 Å². The number of ether oxygens (including phenoxy) is 1. The number of alkyl halides is 3. The van der Waals surface area contributed by atoms with E-state index < -0.39 is 16.4 Å². The molecule has 1 saturated heterocycles. The van der Waals surface area contributed by atoms with E-state index >= 15 is 0 Å². The van der Waals surface area contributed by atoms with Gasteiger partial charge in [-0.3, -0.25) is 9.69 Å². The van der Waals surface area contributed by atoms with E-state index in [1.54, 1.807) is 16.4 Å². The molecule has 1 aliphatic rings. The van der Waals surface area contributed by atoms with Crippen molar-refractivity contribution in [2.75, 3.05) is 43.0 Å². The number of nitrogens with one attached hydrogen (secondary N) is 1. The van der Waals surface area contributed by atoms with Gasteiger partial charge in [0.2, 0.25) is 10.0 Å². The number of anilines is 2. The summed E-state index contributed by atoms with van der Waals surface area (Å²) in [5, 5.41) is 2.81. The molecule has 0 atom stereocenters. The zero-order valence-electron chi connectivity index (χ0n) is 21.9. The first-order chi connectivity index (χ1) is 18.9. The maximum absolute atomic E-state index is 12.8. The number of amides is 1. The third-order valence-electron chi connectivity index (χ3n) is 6.49. The molecular weight excluding hydrogens is 545 g/mol. The van der Waals surface area contributed by atoms with E-state index in [0.29, 0.717) is 56.0 Å². The van der Waals surface area contributed by atoms with Crippen molar-refractivity contribution in [2.45, 2.75) is 26.3 Å². The second kappa shape index (κ2) is 12.3. The highest BCUT2D eigenvalue weighted by Crippen LogP contribution is 2.35. The molecule has 0 radical (unpaired) electrons. The van der Waals surface area contributed by atoms with Crippen LogP contribution in [0.3, 0.4) is 0 Å². The predicted molar refractivity (Wildman–Crippen MR) is 148 cm³/mol. The molecule has 8 nitrogen and oxygen atoms in total. The Morgan fingerprint density at radius 2 is 1.62 bits per heavy atom. The number of nitrogen functional groups attached to an aromatic ring is 1. The predicted octanol–water partition coefficient (Wildman–Crippen LogP) is 4.94. The van der Waals surface area contributed by atoms with Crippen LogP contribution in [0.4, 0.5) is 24.5 Å². The average molecular weight is 577 g/mol. The number of hydrogen-bond acceptors (Lipinski definition) is 6. The molecule has 0 aliphatic carbocycles. The van der Waals surface area contributed by atoms with Crippen molar-refractivity contribution in [2.24, 2.45) is 0 Å². The summed E-state index contributed by atoms with van der Waals surface area (Å²) in [6.45, 7) is 4.77. The Hall–Kier alpha value is -3.61. The number of rotatable bonds is 9. The average Bonchev–Trinajstić information content (AvgIpc) is 2.90. The van der Waals surface area contributed by atoms with E-state index in [0.717, 1.165) is 11.6 Å². The van der Waals surface area contributed by atoms with Crippen LogP contribution >= 0.6 is 0 Å². The van der Waals surface area contributed by atoms with E-state index in [1.807, 2.05) is 19.1 Å². The van der Waals surface area contributed by atoms with E-state index in [2.05, 4.69) is 15.0 Å². The van der Waals surface area contributed by atoms with Crippen LogP contribution in [-0.4, -0.2) is 61.8 Å². The highest BCUT2D eigenvalue weighted by molar-refractivity contribution is 7.89. The Morgan fingerprint density at radius 1 is 0.975 bits per heavy atom. The summed E-state index contributed by atoms with van der Waals surface area (Å²) in [5.74, 6) is -0.588. The molecular formula is C28H31F3N4O4S. The largest absolute Gasteiger partial charge is 0.573 e. The maximum Gasteiger partial charge on any atom is 0.573 e. The number of carbonyl (C=O) groups is 1. The minimum Gasteiger partial charge on any atom is -0.405 e. The van der Waals surface area contributed by atoms with Crippen molar-refractivity contribution in [3.05, 3.63) is 77.9 Å². The standard InChI is InChI=1S/C28H31F3N4O4S/c1-2-17-40(37,38)35-15-13-34(14-16-35)19-20-3-10-24(11-4-20)33-27(36)22-7-5-21(6-8-22)25-18-23(32)9-12-26(25)39-28(29,30)31/h3-12,18H,2,13-17,19,32H2,1H3,(H,33,36). The van der Waals surface area contributed by atoms with Crippen molar-refractivity contribution in [1.29, 1.82) is 0 Å². The molecule has 3 aromatic carbocycles. The molecule has 4 rings (SSSR count). The second-order valence-electron chi connectivity index (χ2n) is 9.52. The van der Waals surface area contributed by atoms with Gasteiger partial charge in [0.1, 0.15) is 5.75 Å². The first kappa shape index (κ1) is 29.4. The lowest BCUT2D eigenvalue weighted by molar-refractivity contribution is -0.274. The van der Waals surface area contributed by atoms with Gasteiger partial charge < -0.3 is 15.8 Å². The van der Waals surface area contributed by atoms with E-state index in [-0.39, 0.29) is 28.7 Å². The van der Waals surface area contributed by atoms with Gasteiger partial charge in [-0.15, -0.1) is 13.2 Å². The highest BCUT2D eigenvalue weighted by Gasteiger charge is 2.32. The fraction of sp³-hybridized carbons (Fsp3) is 0.321. The number of hydrogen-bond donors (Lipinski definition) is 2. The van der Waals surface area contributed by atoms with Gasteiger partial charge in [0, 0.05) is 55.2 Å². The van der Waals surface area contributed by atoms with Gasteiger partial charge in [-0.25, -0.2) is 8.42 Å². The first-order valence-electron chi connectivity index (χ1n) is 12.8. The number of carbonyl (C=O) groups excluding carboxylic acids is 1. The molecule has 0 aromatic heterocycles. The van der Waals surface area contributed by atoms with Gasteiger partial charge >= 0.3 is 6.36 Å². The smallest absolute Gasteiger partial charge is 0.405 e. The van der Waals surface area contributed by atoms with E-state index in [4.69, 9.17) is 5.73 Å². The lowest BCUT2D eigenvalue weighted by Crippen LogP contribution is -2.48. The third-order valence-corrected chi connectivity index (χ3v) is 8.57. The first-order valence-corrected chi connectivity index (χ1v) is 14.4. The third kappa shape index (κ3) is 7.74. The maximum atomic E-state index is 12.8. The van der Waals surface area contributed by atoms with Crippen molar-refractivity contribution >= 4 is 27.3 Å². The number of nitrogens with two attached hydrogens (primary N) is 1. The molecule has 0 bridgehead atoms. The summed E-state index contributed by atoms with van der Waals surface area (Å²) < 4.78 is 68.6. The molecule has 3 N–H and O–H groups in total. The molecule has 0 saturated carbocycles. The quantitative estimate of drug-likeness (QED) is 0.350. The van der Waals surface area contributed by atoms with E-state index in [9.17, 15) is 26.4 Å². The number of nitrogens with zero attached hydrogens (tertiary/aromatic N) is 2. The monoisotopic (exact) mass is 576 g/mol. The molecule has 1 aliphatic heterocycles. The van der Waals surface area contributed by atoms with Crippen LogP contribution < -0.4 is 15.8 Å². The molecule has 1 amide bonds. The highest BCUT2D eigenvalue weighted by atomic mass is 32.2. The number of sulfonamides is 1. The minimum absolute atomic E-state index is 0.156. The van der Waals surface area contributed by atoms with Crippen LogP contribution in [0.15, 0.2) is 66.7 Å². The molecule has 0 unspecified atom stereocenters. The van der Waals surface area contributed by atoms with Crippen molar-refractivity contribution < 1.29 is 31.1 Å². The van der Waals surface area contributed by atoms with Crippen molar-refractivity contribution in [3.63, 3.8) is 0 Å². The van der Waals surface area contributed by atoms with Gasteiger partial charge in [0.15, 0.2) is 0 Å². The van der Waals surface area contributed by atoms with Crippen LogP contribution in [0.25, 0.3) is 11.1 Å². The fourth-order valence-electron chi connectivity index (χ4n) is 4.50. The van der Waals surface area contributed by atoms with Crippen LogP contribution in [0.1, 0.15) is 29.3 Å². The number of benzene rings is 3. The second-order valence-corrected chi connectivity index (χ2v) is 11.6. The number of piperazine rings is 1. The van der Waals surface area contributed by atoms with Crippen LogP contribution in [0.2, 0.25) is 0 Å². The summed E-state index contributed by atoms with van der Waals surface area (Å²) in [4.78, 5) is 15.0. The Kier molecular flexibility index (Phi) is 9.02. The Balaban J connectivity index is 1.34. The molecule has 0 spiro atoms. The summed E-state index contributed by atoms with van der Waals surface area (Å²) in [6, 6.07) is 17.3. The fourth-order valence-corrected chi connectivity index (χ4v) is 5.99. The number of halogens is 3. The lowest BCUT2D eigenvalue weighted by Gasteiger charge is -2.34. The van der Waals surface area contributed by atoms with E-state index in [1.165, 1.54) is 36.4 Å². The van der Waals surface area contributed by atoms with Crippen LogP contribution in [0.5, 0.6) is 5.75 Å². The van der Waals surface area contributed by atoms with Gasteiger partial charge in [-0.1, -0.05) is 31.2 Å². The summed E-state index contributed by atoms with van der Waals surface area (Å²) >= 11 is 0. The Labute approximate surface area is 231 Å². The van der Waals surface area contributed by atoms with Gasteiger partial charge in [0.25, 0.3) is 5.91 Å². The minimum atomic E-state index is -4.85. The zero-order valence-corrected chi connectivity index (χ0v) is 22.8.